The van der Waals surface area contributed by atoms with E-state index in [1.807, 2.05) is 6.07 Å². The van der Waals surface area contributed by atoms with E-state index in [0.29, 0.717) is 12.6 Å². The summed E-state index contributed by atoms with van der Waals surface area (Å²) in [5.74, 6) is 0. The average Bonchev–Trinajstić information content (AvgIpc) is 2.78. The Hall–Kier alpha value is -1.54. The van der Waals surface area contributed by atoms with Crippen LogP contribution in [-0.2, 0) is 6.54 Å². The third-order valence-corrected chi connectivity index (χ3v) is 2.74. The molecule has 0 spiro atoms. The van der Waals surface area contributed by atoms with Gasteiger partial charge in [0.1, 0.15) is 0 Å². The first-order valence-corrected chi connectivity index (χ1v) is 5.22. The summed E-state index contributed by atoms with van der Waals surface area (Å²) >= 11 is 0. The van der Waals surface area contributed by atoms with Crippen LogP contribution in [0, 0.1) is 0 Å². The lowest BCUT2D eigenvalue weighted by molar-refractivity contribution is 0.641. The third kappa shape index (κ3) is 2.10. The molecular weight excluding hydrogens is 184 g/mol. The molecule has 0 aliphatic carbocycles. The van der Waals surface area contributed by atoms with Crippen molar-refractivity contribution in [1.82, 2.24) is 4.57 Å². The van der Waals surface area contributed by atoms with E-state index in [4.69, 9.17) is 5.73 Å². The molecular formula is C13H16N2. The Labute approximate surface area is 90.3 Å². The van der Waals surface area contributed by atoms with Gasteiger partial charge in [0.25, 0.3) is 0 Å². The van der Waals surface area contributed by atoms with Crippen molar-refractivity contribution >= 4 is 0 Å². The lowest BCUT2D eigenvalue weighted by Gasteiger charge is -2.13. The summed E-state index contributed by atoms with van der Waals surface area (Å²) < 4.78 is 2.19. The molecule has 2 rings (SSSR count). The molecule has 1 heterocycles. The van der Waals surface area contributed by atoms with Gasteiger partial charge in [-0.15, -0.1) is 0 Å². The van der Waals surface area contributed by atoms with Crippen LogP contribution >= 0.6 is 0 Å². The molecule has 1 aromatic heterocycles. The highest BCUT2D eigenvalue weighted by atomic mass is 15.0. The normalized spacial score (nSPS) is 12.7. The van der Waals surface area contributed by atoms with Crippen LogP contribution in [0.3, 0.4) is 0 Å². The van der Waals surface area contributed by atoms with E-state index in [0.717, 1.165) is 0 Å². The highest BCUT2D eigenvalue weighted by Crippen LogP contribution is 2.18. The second kappa shape index (κ2) is 4.32. The second-order valence-corrected chi connectivity index (χ2v) is 3.76. The summed E-state index contributed by atoms with van der Waals surface area (Å²) in [6.07, 6.45) is 4.19. The van der Waals surface area contributed by atoms with Gasteiger partial charge in [-0.25, -0.2) is 0 Å². The van der Waals surface area contributed by atoms with E-state index in [-0.39, 0.29) is 0 Å². The van der Waals surface area contributed by atoms with Crippen LogP contribution in [0.4, 0.5) is 0 Å². The van der Waals surface area contributed by atoms with Crippen LogP contribution in [0.1, 0.15) is 24.1 Å². The van der Waals surface area contributed by atoms with Crippen molar-refractivity contribution in [3.05, 3.63) is 59.9 Å². The zero-order valence-electron chi connectivity index (χ0n) is 8.93. The maximum Gasteiger partial charge on any atom is 0.0551 e. The van der Waals surface area contributed by atoms with E-state index in [1.165, 1.54) is 11.1 Å². The van der Waals surface area contributed by atoms with Crippen LogP contribution in [0.15, 0.2) is 48.8 Å². The first kappa shape index (κ1) is 9.99. The molecule has 0 amide bonds. The standard InChI is InChI=1S/C13H16N2/c1-11(13-5-3-2-4-6-13)15-8-7-12(9-14)10-15/h2-8,10-11H,9,14H2,1H3. The van der Waals surface area contributed by atoms with Gasteiger partial charge in [-0.1, -0.05) is 30.3 Å². The zero-order valence-corrected chi connectivity index (χ0v) is 8.93. The Balaban J connectivity index is 2.24. The van der Waals surface area contributed by atoms with Crippen molar-refractivity contribution in [2.24, 2.45) is 5.73 Å². The van der Waals surface area contributed by atoms with Gasteiger partial charge in [0.15, 0.2) is 0 Å². The van der Waals surface area contributed by atoms with E-state index in [2.05, 4.69) is 54.2 Å². The maximum atomic E-state index is 5.59. The van der Waals surface area contributed by atoms with Crippen LogP contribution < -0.4 is 5.73 Å². The van der Waals surface area contributed by atoms with Crippen LogP contribution in [0.2, 0.25) is 0 Å². The molecule has 0 radical (unpaired) electrons. The smallest absolute Gasteiger partial charge is 0.0551 e. The lowest BCUT2D eigenvalue weighted by Crippen LogP contribution is -2.04. The van der Waals surface area contributed by atoms with Gasteiger partial charge in [-0.05, 0) is 24.1 Å². The van der Waals surface area contributed by atoms with Crippen molar-refractivity contribution in [2.75, 3.05) is 0 Å². The molecule has 0 saturated heterocycles. The van der Waals surface area contributed by atoms with Gasteiger partial charge in [-0.2, -0.15) is 0 Å². The second-order valence-electron chi connectivity index (χ2n) is 3.76. The van der Waals surface area contributed by atoms with Crippen molar-refractivity contribution in [3.63, 3.8) is 0 Å². The first-order valence-electron chi connectivity index (χ1n) is 5.22. The molecule has 2 heteroatoms. The lowest BCUT2D eigenvalue weighted by atomic mass is 10.1. The van der Waals surface area contributed by atoms with Gasteiger partial charge in [-0.3, -0.25) is 0 Å². The van der Waals surface area contributed by atoms with Crippen molar-refractivity contribution in [1.29, 1.82) is 0 Å². The van der Waals surface area contributed by atoms with Crippen molar-refractivity contribution in [2.45, 2.75) is 19.5 Å². The summed E-state index contributed by atoms with van der Waals surface area (Å²) in [5.41, 5.74) is 8.08. The Kier molecular flexibility index (Phi) is 2.88. The third-order valence-electron chi connectivity index (χ3n) is 2.74. The molecule has 0 aliphatic heterocycles. The Morgan fingerprint density at radius 2 is 1.93 bits per heavy atom. The summed E-state index contributed by atoms with van der Waals surface area (Å²) in [7, 11) is 0. The molecule has 1 aromatic carbocycles. The summed E-state index contributed by atoms with van der Waals surface area (Å²) in [5, 5.41) is 0. The van der Waals surface area contributed by atoms with Gasteiger partial charge in [0.2, 0.25) is 0 Å². The van der Waals surface area contributed by atoms with Crippen LogP contribution in [-0.4, -0.2) is 4.57 Å². The van der Waals surface area contributed by atoms with Crippen LogP contribution in [0.25, 0.3) is 0 Å². The van der Waals surface area contributed by atoms with E-state index >= 15 is 0 Å². The van der Waals surface area contributed by atoms with Crippen LogP contribution in [0.5, 0.6) is 0 Å². The minimum Gasteiger partial charge on any atom is -0.347 e. The van der Waals surface area contributed by atoms with E-state index in [9.17, 15) is 0 Å². The number of aromatic nitrogens is 1. The van der Waals surface area contributed by atoms with Gasteiger partial charge in [0.05, 0.1) is 6.04 Å². The Morgan fingerprint density at radius 1 is 1.20 bits per heavy atom. The van der Waals surface area contributed by atoms with Gasteiger partial charge in [0, 0.05) is 18.9 Å². The number of nitrogens with zero attached hydrogens (tertiary/aromatic N) is 1. The summed E-state index contributed by atoms with van der Waals surface area (Å²) in [6.45, 7) is 2.80. The molecule has 15 heavy (non-hydrogen) atoms. The molecule has 2 N–H and O–H groups in total. The fourth-order valence-corrected chi connectivity index (χ4v) is 1.72. The summed E-state index contributed by atoms with van der Waals surface area (Å²) in [6, 6.07) is 12.9. The average molecular weight is 200 g/mol. The molecule has 1 atom stereocenters. The topological polar surface area (TPSA) is 30.9 Å². The number of hydrogen-bond donors (Lipinski definition) is 1. The number of benzene rings is 1. The Bertz CT molecular complexity index is 417. The molecule has 0 bridgehead atoms. The van der Waals surface area contributed by atoms with E-state index in [1.54, 1.807) is 0 Å². The minimum atomic E-state index is 0.367. The fraction of sp³-hybridized carbons (Fsp3) is 0.231. The monoisotopic (exact) mass is 200 g/mol. The molecule has 2 nitrogen and oxygen atoms in total. The predicted molar refractivity (Wildman–Crippen MR) is 62.6 cm³/mol. The largest absolute Gasteiger partial charge is 0.347 e. The predicted octanol–water partition coefficient (Wildman–Crippen LogP) is 2.56. The molecule has 78 valence electrons. The SMILES string of the molecule is CC(c1ccccc1)n1ccc(CN)c1. The molecule has 0 fully saturated rings. The number of nitrogens with two attached hydrogens (primary N) is 1. The summed E-state index contributed by atoms with van der Waals surface area (Å²) in [4.78, 5) is 0. The highest BCUT2D eigenvalue weighted by Gasteiger charge is 2.06. The van der Waals surface area contributed by atoms with E-state index < -0.39 is 0 Å². The highest BCUT2D eigenvalue weighted by molar-refractivity contribution is 5.21. The number of hydrogen-bond acceptors (Lipinski definition) is 1. The quantitative estimate of drug-likeness (QED) is 0.811. The zero-order chi connectivity index (χ0) is 10.7. The molecule has 2 aromatic rings. The Morgan fingerprint density at radius 3 is 2.53 bits per heavy atom. The maximum absolute atomic E-state index is 5.59. The fourth-order valence-electron chi connectivity index (χ4n) is 1.72. The van der Waals surface area contributed by atoms with Crippen molar-refractivity contribution < 1.29 is 0 Å². The van der Waals surface area contributed by atoms with Gasteiger partial charge < -0.3 is 10.3 Å². The minimum absolute atomic E-state index is 0.367. The molecule has 1 unspecified atom stereocenters. The van der Waals surface area contributed by atoms with Crippen molar-refractivity contribution in [3.8, 4) is 0 Å². The van der Waals surface area contributed by atoms with Gasteiger partial charge >= 0.3 is 0 Å². The molecule has 0 aliphatic rings. The molecule has 0 saturated carbocycles. The first-order chi connectivity index (χ1) is 7.31. The number of rotatable bonds is 3.